The van der Waals surface area contributed by atoms with Crippen molar-refractivity contribution in [3.63, 3.8) is 0 Å². The van der Waals surface area contributed by atoms with Crippen molar-refractivity contribution in [2.75, 3.05) is 34.4 Å². The molecule has 0 saturated heterocycles. The van der Waals surface area contributed by atoms with Crippen molar-refractivity contribution < 1.29 is 23.7 Å². The maximum absolute atomic E-state index is 11.6. The van der Waals surface area contributed by atoms with Gasteiger partial charge in [-0.2, -0.15) is 0 Å². The summed E-state index contributed by atoms with van der Waals surface area (Å²) in [4.78, 5) is 11.6. The van der Waals surface area contributed by atoms with E-state index in [1.54, 1.807) is 32.4 Å². The molecule has 0 radical (unpaired) electrons. The number of carbonyl (C=O) groups is 1. The predicted molar refractivity (Wildman–Crippen MR) is 71.8 cm³/mol. The number of halogens is 1. The molecular weight excluding hydrogens is 274 g/mol. The van der Waals surface area contributed by atoms with Crippen molar-refractivity contribution >= 4 is 17.8 Å². The second-order valence-corrected chi connectivity index (χ2v) is 3.31. The maximum Gasteiger partial charge on any atom is 0.338 e. The molecule has 2 N–H and O–H groups in total. The highest BCUT2D eigenvalue weighted by atomic mass is 35.5. The van der Waals surface area contributed by atoms with E-state index in [0.29, 0.717) is 30.2 Å². The van der Waals surface area contributed by atoms with E-state index in [2.05, 4.69) is 17.2 Å². The largest absolute Gasteiger partial charge is 0.493 e. The van der Waals surface area contributed by atoms with Crippen molar-refractivity contribution in [2.45, 2.75) is 0 Å². The van der Waals surface area contributed by atoms with Gasteiger partial charge in [0.1, 0.15) is 6.61 Å². The van der Waals surface area contributed by atoms with Crippen LogP contribution in [0.4, 0.5) is 0 Å². The number of likely N-dealkylation sites (N-methyl/N-ethyl adjacent to an activating group) is 1. The molecule has 19 heavy (non-hydrogen) atoms. The first-order valence-corrected chi connectivity index (χ1v) is 5.77. The van der Waals surface area contributed by atoms with Crippen LogP contribution >= 0.6 is 11.9 Å². The molecule has 0 amide bonds. The Kier molecular flexibility index (Phi) is 9.60. The van der Waals surface area contributed by atoms with Crippen LogP contribution in [0.2, 0.25) is 0 Å². The SMILES string of the molecule is CNCCOC(=O)c1ccc(OC)c(OC)c1.OCl. The average Bonchev–Trinajstić information content (AvgIpc) is 2.48. The van der Waals surface area contributed by atoms with Gasteiger partial charge in [-0.25, -0.2) is 4.79 Å². The first kappa shape index (κ1) is 17.5. The third-order valence-electron chi connectivity index (χ3n) is 2.20. The van der Waals surface area contributed by atoms with Crippen LogP contribution in [-0.2, 0) is 4.74 Å². The van der Waals surface area contributed by atoms with Crippen LogP contribution in [0.15, 0.2) is 18.2 Å². The minimum Gasteiger partial charge on any atom is -0.493 e. The van der Waals surface area contributed by atoms with Crippen molar-refractivity contribution in [1.82, 2.24) is 5.32 Å². The molecule has 0 unspecified atom stereocenters. The maximum atomic E-state index is 11.6. The molecule has 0 fully saturated rings. The molecular formula is C12H18ClNO5. The van der Waals surface area contributed by atoms with E-state index in [4.69, 9.17) is 18.9 Å². The predicted octanol–water partition coefficient (Wildman–Crippen LogP) is 1.21. The zero-order valence-corrected chi connectivity index (χ0v) is 11.9. The van der Waals surface area contributed by atoms with E-state index in [9.17, 15) is 4.79 Å². The molecule has 6 nitrogen and oxygen atoms in total. The molecule has 1 rings (SSSR count). The van der Waals surface area contributed by atoms with Crippen LogP contribution in [0.25, 0.3) is 0 Å². The highest BCUT2D eigenvalue weighted by molar-refractivity contribution is 6.04. The Balaban J connectivity index is 0.00000154. The normalized spacial score (nSPS) is 9.11. The Morgan fingerprint density at radius 2 is 1.89 bits per heavy atom. The van der Waals surface area contributed by atoms with E-state index in [0.717, 1.165) is 0 Å². The lowest BCUT2D eigenvalue weighted by Gasteiger charge is -2.09. The van der Waals surface area contributed by atoms with E-state index in [-0.39, 0.29) is 5.97 Å². The summed E-state index contributed by atoms with van der Waals surface area (Å²) in [5.74, 6) is 0.719. The average molecular weight is 292 g/mol. The topological polar surface area (TPSA) is 77.0 Å². The van der Waals surface area contributed by atoms with Crippen molar-refractivity contribution in [3.8, 4) is 11.5 Å². The molecule has 0 atom stereocenters. The van der Waals surface area contributed by atoms with Crippen LogP contribution in [0.3, 0.4) is 0 Å². The molecule has 0 bridgehead atoms. The quantitative estimate of drug-likeness (QED) is 0.606. The summed E-state index contributed by atoms with van der Waals surface area (Å²) in [7, 11) is 4.86. The van der Waals surface area contributed by atoms with Gasteiger partial charge in [-0.05, 0) is 25.2 Å². The van der Waals surface area contributed by atoms with Gasteiger partial charge in [-0.3, -0.25) is 4.66 Å². The third-order valence-corrected chi connectivity index (χ3v) is 2.20. The van der Waals surface area contributed by atoms with Crippen molar-refractivity contribution in [3.05, 3.63) is 23.8 Å². The number of esters is 1. The molecule has 0 aliphatic rings. The van der Waals surface area contributed by atoms with Crippen LogP contribution in [-0.4, -0.2) is 45.0 Å². The molecule has 0 aliphatic carbocycles. The lowest BCUT2D eigenvalue weighted by Crippen LogP contribution is -2.17. The summed E-state index contributed by atoms with van der Waals surface area (Å²) in [6, 6.07) is 4.91. The monoisotopic (exact) mass is 291 g/mol. The first-order valence-electron chi connectivity index (χ1n) is 5.43. The van der Waals surface area contributed by atoms with Crippen molar-refractivity contribution in [1.29, 1.82) is 0 Å². The summed E-state index contributed by atoms with van der Waals surface area (Å²) < 4.78 is 21.7. The Hall–Kier alpha value is -1.50. The number of benzene rings is 1. The number of ether oxygens (including phenoxy) is 3. The van der Waals surface area contributed by atoms with Crippen molar-refractivity contribution in [2.24, 2.45) is 0 Å². The van der Waals surface area contributed by atoms with Gasteiger partial charge in [-0.15, -0.1) is 0 Å². The van der Waals surface area contributed by atoms with Gasteiger partial charge in [0, 0.05) is 6.54 Å². The molecule has 0 aliphatic heterocycles. The lowest BCUT2D eigenvalue weighted by atomic mass is 10.2. The summed E-state index contributed by atoms with van der Waals surface area (Å²) in [6.45, 7) is 0.961. The summed E-state index contributed by atoms with van der Waals surface area (Å²) >= 11 is 3.64. The fourth-order valence-electron chi connectivity index (χ4n) is 1.29. The summed E-state index contributed by atoms with van der Waals surface area (Å²) in [5.41, 5.74) is 0.443. The minimum absolute atomic E-state index is 0.337. The van der Waals surface area contributed by atoms with Gasteiger partial charge >= 0.3 is 5.97 Å². The zero-order chi connectivity index (χ0) is 14.7. The number of hydrogen-bond acceptors (Lipinski definition) is 6. The molecule has 7 heteroatoms. The first-order chi connectivity index (χ1) is 9.22. The number of methoxy groups -OCH3 is 2. The van der Waals surface area contributed by atoms with Crippen LogP contribution < -0.4 is 14.8 Å². The van der Waals surface area contributed by atoms with E-state index < -0.39 is 0 Å². The summed E-state index contributed by atoms with van der Waals surface area (Å²) in [6.07, 6.45) is 0. The molecule has 0 heterocycles. The molecule has 0 aromatic heterocycles. The molecule has 1 aromatic rings. The number of nitrogens with one attached hydrogen (secondary N) is 1. The van der Waals surface area contributed by atoms with Crippen LogP contribution in [0, 0.1) is 0 Å². The van der Waals surface area contributed by atoms with Gasteiger partial charge in [0.25, 0.3) is 0 Å². The number of carbonyl (C=O) groups excluding carboxylic acids is 1. The Morgan fingerprint density at radius 1 is 1.26 bits per heavy atom. The van der Waals surface area contributed by atoms with E-state index >= 15 is 0 Å². The highest BCUT2D eigenvalue weighted by Gasteiger charge is 2.11. The van der Waals surface area contributed by atoms with E-state index in [1.807, 2.05) is 0 Å². The van der Waals surface area contributed by atoms with Gasteiger partial charge in [-0.1, -0.05) is 0 Å². The van der Waals surface area contributed by atoms with Gasteiger partial charge < -0.3 is 19.5 Å². The molecule has 0 saturated carbocycles. The second-order valence-electron chi connectivity index (χ2n) is 3.31. The fourth-order valence-corrected chi connectivity index (χ4v) is 1.29. The smallest absolute Gasteiger partial charge is 0.338 e. The Labute approximate surface area is 117 Å². The third kappa shape index (κ3) is 5.78. The number of hydrogen-bond donors (Lipinski definition) is 2. The van der Waals surface area contributed by atoms with Gasteiger partial charge in [0.05, 0.1) is 31.6 Å². The van der Waals surface area contributed by atoms with Gasteiger partial charge in [0.15, 0.2) is 11.5 Å². The van der Waals surface area contributed by atoms with Crippen LogP contribution in [0.1, 0.15) is 10.4 Å². The Bertz CT molecular complexity index is 386. The highest BCUT2D eigenvalue weighted by Crippen LogP contribution is 2.27. The van der Waals surface area contributed by atoms with Gasteiger partial charge in [0.2, 0.25) is 0 Å². The molecule has 1 aromatic carbocycles. The molecule has 0 spiro atoms. The number of rotatable bonds is 6. The van der Waals surface area contributed by atoms with E-state index in [1.165, 1.54) is 7.11 Å². The minimum atomic E-state index is -0.374. The second kappa shape index (κ2) is 10.4. The Morgan fingerprint density at radius 3 is 2.42 bits per heavy atom. The molecule has 108 valence electrons. The zero-order valence-electron chi connectivity index (χ0n) is 11.1. The fraction of sp³-hybridized carbons (Fsp3) is 0.417. The lowest BCUT2D eigenvalue weighted by molar-refractivity contribution is 0.0510. The van der Waals surface area contributed by atoms with Crippen LogP contribution in [0.5, 0.6) is 11.5 Å². The standard InChI is InChI=1S/C12H17NO4.ClHO/c1-13-6-7-17-12(14)9-4-5-10(15-2)11(8-9)16-3;1-2/h4-5,8,13H,6-7H2,1-3H3;2H. The summed E-state index contributed by atoms with van der Waals surface area (Å²) in [5, 5.41) is 2.89.